The average Bonchev–Trinajstić information content (AvgIpc) is 2.26. The first-order valence-electron chi connectivity index (χ1n) is 5.80. The number of sulfone groups is 1. The van der Waals surface area contributed by atoms with Gasteiger partial charge in [0.2, 0.25) is 5.91 Å². The van der Waals surface area contributed by atoms with E-state index in [-0.39, 0.29) is 11.3 Å². The molecule has 0 saturated carbocycles. The number of carbonyl (C=O) groups is 2. The summed E-state index contributed by atoms with van der Waals surface area (Å²) in [5, 5.41) is 10.9. The fraction of sp³-hybridized carbons (Fsp3) is 0.333. The van der Waals surface area contributed by atoms with Crippen molar-refractivity contribution in [2.45, 2.75) is 24.3 Å². The number of hydrogen-bond donors (Lipinski definition) is 3. The van der Waals surface area contributed by atoms with Crippen molar-refractivity contribution in [2.24, 2.45) is 0 Å². The van der Waals surface area contributed by atoms with E-state index in [9.17, 15) is 18.0 Å². The number of carboxylic acid groups (broad SMARTS) is 1. The van der Waals surface area contributed by atoms with E-state index in [1.54, 1.807) is 0 Å². The summed E-state index contributed by atoms with van der Waals surface area (Å²) in [6.45, 7) is 1.49. The summed E-state index contributed by atoms with van der Waals surface area (Å²) in [6, 6.07) is 4.86. The minimum absolute atomic E-state index is 0.00672. The molecule has 0 bridgehead atoms. The number of carboxylic acids is 1. The molecule has 0 radical (unpaired) electrons. The summed E-state index contributed by atoms with van der Waals surface area (Å²) in [5.74, 6) is -2.55. The van der Waals surface area contributed by atoms with E-state index in [1.165, 1.54) is 31.2 Å². The lowest BCUT2D eigenvalue weighted by Crippen LogP contribution is -2.37. The topological polar surface area (TPSA) is 127 Å². The fourth-order valence-electron chi connectivity index (χ4n) is 1.56. The summed E-state index contributed by atoms with van der Waals surface area (Å²) in [6.07, 6.45) is -0.270. The Balaban J connectivity index is 2.69. The van der Waals surface area contributed by atoms with Gasteiger partial charge in [-0.25, -0.2) is 8.42 Å². The van der Waals surface area contributed by atoms with E-state index >= 15 is 0 Å². The predicted molar refractivity (Wildman–Crippen MR) is 72.8 cm³/mol. The van der Waals surface area contributed by atoms with Crippen LogP contribution in [0.3, 0.4) is 0 Å². The SMILES string of the molecule is CC(CC(=O)O)NC(=O)CS(=O)(=O)c1ccc(N)cc1. The molecular weight excluding hydrogens is 284 g/mol. The molecule has 0 saturated heterocycles. The van der Waals surface area contributed by atoms with Crippen LogP contribution in [-0.4, -0.2) is 37.2 Å². The Morgan fingerprint density at radius 1 is 1.30 bits per heavy atom. The molecule has 7 nitrogen and oxygen atoms in total. The standard InChI is InChI=1S/C12H16N2O5S/c1-8(6-12(16)17)14-11(15)7-20(18,19)10-4-2-9(13)3-5-10/h2-5,8H,6-7,13H2,1H3,(H,14,15)(H,16,17). The molecular formula is C12H16N2O5S. The molecule has 110 valence electrons. The summed E-state index contributed by atoms with van der Waals surface area (Å²) >= 11 is 0. The molecule has 1 atom stereocenters. The normalized spacial score (nSPS) is 12.7. The van der Waals surface area contributed by atoms with Gasteiger partial charge < -0.3 is 16.2 Å². The minimum atomic E-state index is -3.77. The Bertz CT molecular complexity index is 595. The van der Waals surface area contributed by atoms with Gasteiger partial charge in [0.05, 0.1) is 11.3 Å². The molecule has 0 aliphatic rings. The van der Waals surface area contributed by atoms with Gasteiger partial charge in [0.25, 0.3) is 0 Å². The predicted octanol–water partition coefficient (Wildman–Crippen LogP) is 0.0219. The molecule has 0 aromatic heterocycles. The number of rotatable bonds is 6. The lowest BCUT2D eigenvalue weighted by atomic mass is 10.2. The second-order valence-corrected chi connectivity index (χ2v) is 6.38. The summed E-state index contributed by atoms with van der Waals surface area (Å²) in [5.41, 5.74) is 5.87. The molecule has 4 N–H and O–H groups in total. The molecule has 0 aliphatic heterocycles. The van der Waals surface area contributed by atoms with Gasteiger partial charge in [-0.3, -0.25) is 9.59 Å². The number of nitrogen functional groups attached to an aromatic ring is 1. The van der Waals surface area contributed by atoms with Crippen LogP contribution in [0.25, 0.3) is 0 Å². The van der Waals surface area contributed by atoms with Crippen molar-refractivity contribution in [1.82, 2.24) is 5.32 Å². The van der Waals surface area contributed by atoms with Crippen molar-refractivity contribution in [1.29, 1.82) is 0 Å². The molecule has 1 aromatic rings. The molecule has 0 aliphatic carbocycles. The highest BCUT2D eigenvalue weighted by Gasteiger charge is 2.20. The smallest absolute Gasteiger partial charge is 0.305 e. The summed E-state index contributed by atoms with van der Waals surface area (Å²) in [4.78, 5) is 22.0. The van der Waals surface area contributed by atoms with Crippen LogP contribution in [-0.2, 0) is 19.4 Å². The number of benzene rings is 1. The Hall–Kier alpha value is -2.09. The van der Waals surface area contributed by atoms with Crippen molar-refractivity contribution in [2.75, 3.05) is 11.5 Å². The molecule has 20 heavy (non-hydrogen) atoms. The zero-order valence-corrected chi connectivity index (χ0v) is 11.7. The van der Waals surface area contributed by atoms with E-state index < -0.39 is 33.5 Å². The molecule has 0 heterocycles. The number of nitrogens with one attached hydrogen (secondary N) is 1. The van der Waals surface area contributed by atoms with Gasteiger partial charge in [-0.05, 0) is 31.2 Å². The Morgan fingerprint density at radius 2 is 1.85 bits per heavy atom. The Morgan fingerprint density at radius 3 is 2.35 bits per heavy atom. The zero-order valence-electron chi connectivity index (χ0n) is 10.9. The van der Waals surface area contributed by atoms with Gasteiger partial charge in [0.1, 0.15) is 5.75 Å². The van der Waals surface area contributed by atoms with Gasteiger partial charge in [-0.15, -0.1) is 0 Å². The van der Waals surface area contributed by atoms with E-state index in [2.05, 4.69) is 5.32 Å². The third-order valence-corrected chi connectivity index (χ3v) is 4.08. The Kier molecular flexibility index (Phi) is 5.09. The first-order chi connectivity index (χ1) is 9.20. The maximum Gasteiger partial charge on any atom is 0.305 e. The van der Waals surface area contributed by atoms with Crippen LogP contribution in [0.1, 0.15) is 13.3 Å². The molecule has 1 aromatic carbocycles. The minimum Gasteiger partial charge on any atom is -0.481 e. The zero-order chi connectivity index (χ0) is 15.3. The number of carbonyl (C=O) groups excluding carboxylic acids is 1. The van der Waals surface area contributed by atoms with Crippen LogP contribution < -0.4 is 11.1 Å². The second kappa shape index (κ2) is 6.38. The van der Waals surface area contributed by atoms with Crippen molar-refractivity contribution < 1.29 is 23.1 Å². The van der Waals surface area contributed by atoms with E-state index in [0.29, 0.717) is 5.69 Å². The maximum atomic E-state index is 11.9. The summed E-state index contributed by atoms with van der Waals surface area (Å²) in [7, 11) is -3.77. The molecule has 0 spiro atoms. The third-order valence-electron chi connectivity index (χ3n) is 2.45. The molecule has 1 rings (SSSR count). The maximum absolute atomic E-state index is 11.9. The lowest BCUT2D eigenvalue weighted by molar-refractivity contribution is -0.137. The second-order valence-electron chi connectivity index (χ2n) is 4.39. The first-order valence-corrected chi connectivity index (χ1v) is 7.45. The summed E-state index contributed by atoms with van der Waals surface area (Å²) < 4.78 is 23.9. The van der Waals surface area contributed by atoms with Gasteiger partial charge in [0.15, 0.2) is 9.84 Å². The number of amides is 1. The van der Waals surface area contributed by atoms with Crippen molar-refractivity contribution in [3.05, 3.63) is 24.3 Å². The molecule has 0 fully saturated rings. The lowest BCUT2D eigenvalue weighted by Gasteiger charge is -2.11. The van der Waals surface area contributed by atoms with Crippen LogP contribution in [0, 0.1) is 0 Å². The number of anilines is 1. The number of nitrogens with two attached hydrogens (primary N) is 1. The van der Waals surface area contributed by atoms with Gasteiger partial charge in [-0.2, -0.15) is 0 Å². The first kappa shape index (κ1) is 16.0. The van der Waals surface area contributed by atoms with Gasteiger partial charge >= 0.3 is 5.97 Å². The third kappa shape index (κ3) is 4.88. The highest BCUT2D eigenvalue weighted by Crippen LogP contribution is 2.13. The van der Waals surface area contributed by atoms with E-state index in [1.807, 2.05) is 0 Å². The fourth-order valence-corrected chi connectivity index (χ4v) is 2.71. The average molecular weight is 300 g/mol. The van der Waals surface area contributed by atoms with Gasteiger partial charge in [0, 0.05) is 11.7 Å². The van der Waals surface area contributed by atoms with Crippen LogP contribution >= 0.6 is 0 Å². The van der Waals surface area contributed by atoms with Crippen LogP contribution in [0.5, 0.6) is 0 Å². The van der Waals surface area contributed by atoms with Crippen LogP contribution in [0.4, 0.5) is 5.69 Å². The number of aliphatic carboxylic acids is 1. The van der Waals surface area contributed by atoms with E-state index in [0.717, 1.165) is 0 Å². The monoisotopic (exact) mass is 300 g/mol. The van der Waals surface area contributed by atoms with Crippen molar-refractivity contribution >= 4 is 27.4 Å². The molecule has 8 heteroatoms. The van der Waals surface area contributed by atoms with E-state index in [4.69, 9.17) is 10.8 Å². The quantitative estimate of drug-likeness (QED) is 0.636. The highest BCUT2D eigenvalue weighted by molar-refractivity contribution is 7.92. The Labute approximate surface area is 116 Å². The van der Waals surface area contributed by atoms with Crippen LogP contribution in [0.15, 0.2) is 29.2 Å². The van der Waals surface area contributed by atoms with Gasteiger partial charge in [-0.1, -0.05) is 0 Å². The number of hydrogen-bond acceptors (Lipinski definition) is 5. The molecule has 1 unspecified atom stereocenters. The van der Waals surface area contributed by atoms with Crippen molar-refractivity contribution in [3.63, 3.8) is 0 Å². The molecule has 1 amide bonds. The van der Waals surface area contributed by atoms with Crippen molar-refractivity contribution in [3.8, 4) is 0 Å². The highest BCUT2D eigenvalue weighted by atomic mass is 32.2. The van der Waals surface area contributed by atoms with Crippen LogP contribution in [0.2, 0.25) is 0 Å². The largest absolute Gasteiger partial charge is 0.481 e.